The van der Waals surface area contributed by atoms with E-state index in [1.807, 2.05) is 0 Å². The molecule has 8 nitrogen and oxygen atoms in total. The molecule has 8 heteroatoms. The number of hydrogen-bond acceptors (Lipinski definition) is 7. The van der Waals surface area contributed by atoms with Crippen LogP contribution in [-0.2, 0) is 4.74 Å². The van der Waals surface area contributed by atoms with Crippen molar-refractivity contribution >= 4 is 17.5 Å². The van der Waals surface area contributed by atoms with Crippen LogP contribution in [0.5, 0.6) is 0 Å². The molecule has 0 aliphatic carbocycles. The summed E-state index contributed by atoms with van der Waals surface area (Å²) in [6.45, 7) is 3.38. The topological polar surface area (TPSA) is 116 Å². The van der Waals surface area contributed by atoms with Gasteiger partial charge in [0.05, 0.1) is 11.0 Å². The van der Waals surface area contributed by atoms with Crippen molar-refractivity contribution in [2.75, 3.05) is 24.2 Å². The van der Waals surface area contributed by atoms with Gasteiger partial charge in [0, 0.05) is 19.1 Å². The van der Waals surface area contributed by atoms with Crippen molar-refractivity contribution in [3.8, 4) is 0 Å². The zero-order chi connectivity index (χ0) is 13.8. The van der Waals surface area contributed by atoms with Crippen LogP contribution in [0.4, 0.5) is 17.5 Å². The number of ether oxygens (including phenoxy) is 1. The quantitative estimate of drug-likeness (QED) is 0.608. The summed E-state index contributed by atoms with van der Waals surface area (Å²) in [4.78, 5) is 17.9. The zero-order valence-corrected chi connectivity index (χ0v) is 10.7. The van der Waals surface area contributed by atoms with Gasteiger partial charge in [0.25, 0.3) is 0 Å². The van der Waals surface area contributed by atoms with E-state index in [1.165, 1.54) is 0 Å². The summed E-state index contributed by atoms with van der Waals surface area (Å²) in [6.07, 6.45) is 3.19. The number of nitrogens with two attached hydrogens (primary N) is 1. The number of nitrogens with one attached hydrogen (secondary N) is 1. The second kappa shape index (κ2) is 5.79. The molecule has 2 atom stereocenters. The average molecular weight is 267 g/mol. The normalized spacial score (nSPS) is 22.4. The molecule has 2 heterocycles. The van der Waals surface area contributed by atoms with Crippen LogP contribution in [0, 0.1) is 16.0 Å². The van der Waals surface area contributed by atoms with E-state index in [4.69, 9.17) is 10.5 Å². The maximum absolute atomic E-state index is 10.9. The number of hydrogen-bond donors (Lipinski definition) is 2. The van der Waals surface area contributed by atoms with Gasteiger partial charge < -0.3 is 15.8 Å². The van der Waals surface area contributed by atoms with Crippen molar-refractivity contribution in [3.05, 3.63) is 16.3 Å². The molecule has 0 bridgehead atoms. The van der Waals surface area contributed by atoms with Crippen LogP contribution in [0.3, 0.4) is 0 Å². The highest BCUT2D eigenvalue weighted by molar-refractivity contribution is 5.56. The molecular weight excluding hydrogens is 250 g/mol. The van der Waals surface area contributed by atoms with Gasteiger partial charge in [0.2, 0.25) is 11.8 Å². The van der Waals surface area contributed by atoms with E-state index in [0.717, 1.165) is 25.6 Å². The van der Waals surface area contributed by atoms with Gasteiger partial charge in [-0.3, -0.25) is 10.1 Å². The Balaban J connectivity index is 2.06. The number of aromatic nitrogens is 2. The fraction of sp³-hybridized carbons (Fsp3) is 0.636. The molecule has 1 fully saturated rings. The van der Waals surface area contributed by atoms with E-state index in [0.29, 0.717) is 12.5 Å². The van der Waals surface area contributed by atoms with Crippen LogP contribution in [0.15, 0.2) is 6.20 Å². The maximum Gasteiger partial charge on any atom is 0.329 e. The molecule has 0 saturated carbocycles. The molecule has 1 aromatic rings. The molecule has 1 aliphatic heterocycles. The highest BCUT2D eigenvalue weighted by Gasteiger charge is 2.27. The Morgan fingerprint density at radius 1 is 1.68 bits per heavy atom. The average Bonchev–Trinajstić information content (AvgIpc) is 2.83. The van der Waals surface area contributed by atoms with E-state index < -0.39 is 4.92 Å². The third-order valence-electron chi connectivity index (χ3n) is 3.27. The van der Waals surface area contributed by atoms with Crippen molar-refractivity contribution in [3.63, 3.8) is 0 Å². The van der Waals surface area contributed by atoms with Crippen molar-refractivity contribution in [1.29, 1.82) is 0 Å². The summed E-state index contributed by atoms with van der Waals surface area (Å²) in [5.74, 6) is 0.517. The summed E-state index contributed by atoms with van der Waals surface area (Å²) in [7, 11) is 0. The first-order valence-electron chi connectivity index (χ1n) is 6.24. The first-order chi connectivity index (χ1) is 9.11. The van der Waals surface area contributed by atoms with Crippen molar-refractivity contribution in [2.45, 2.75) is 25.9 Å². The van der Waals surface area contributed by atoms with E-state index in [2.05, 4.69) is 22.2 Å². The lowest BCUT2D eigenvalue weighted by molar-refractivity contribution is -0.384. The summed E-state index contributed by atoms with van der Waals surface area (Å²) < 4.78 is 5.57. The number of nitro groups is 1. The molecule has 1 saturated heterocycles. The largest absolute Gasteiger partial charge is 0.378 e. The molecule has 0 spiro atoms. The molecule has 1 aromatic heterocycles. The Labute approximate surface area is 110 Å². The SMILES string of the molecule is CCC1OCCC1CNc1nc(N)ncc1[N+](=O)[O-]. The number of rotatable bonds is 5. The van der Waals surface area contributed by atoms with Crippen LogP contribution in [-0.4, -0.2) is 34.1 Å². The van der Waals surface area contributed by atoms with Gasteiger partial charge >= 0.3 is 5.69 Å². The lowest BCUT2D eigenvalue weighted by atomic mass is 10.00. The lowest BCUT2D eigenvalue weighted by Gasteiger charge is -2.17. The first kappa shape index (κ1) is 13.5. The highest BCUT2D eigenvalue weighted by Crippen LogP contribution is 2.26. The molecular formula is C11H17N5O3. The number of anilines is 2. The second-order valence-electron chi connectivity index (χ2n) is 4.47. The predicted molar refractivity (Wildman–Crippen MR) is 69.7 cm³/mol. The van der Waals surface area contributed by atoms with Gasteiger partial charge in [0.15, 0.2) is 0 Å². The molecule has 0 amide bonds. The first-order valence-corrected chi connectivity index (χ1v) is 6.24. The Kier molecular flexibility index (Phi) is 4.10. The predicted octanol–water partition coefficient (Wildman–Crippen LogP) is 1.19. The molecule has 19 heavy (non-hydrogen) atoms. The summed E-state index contributed by atoms with van der Waals surface area (Å²) in [5, 5.41) is 13.9. The van der Waals surface area contributed by atoms with E-state index >= 15 is 0 Å². The summed E-state index contributed by atoms with van der Waals surface area (Å²) in [6, 6.07) is 0. The van der Waals surface area contributed by atoms with Crippen LogP contribution in [0.1, 0.15) is 19.8 Å². The Morgan fingerprint density at radius 3 is 3.16 bits per heavy atom. The van der Waals surface area contributed by atoms with E-state index in [-0.39, 0.29) is 23.6 Å². The van der Waals surface area contributed by atoms with Gasteiger partial charge in [-0.05, 0) is 12.8 Å². The molecule has 1 aliphatic rings. The minimum Gasteiger partial charge on any atom is -0.378 e. The smallest absolute Gasteiger partial charge is 0.329 e. The third kappa shape index (κ3) is 3.08. The van der Waals surface area contributed by atoms with Crippen molar-refractivity contribution in [1.82, 2.24) is 9.97 Å². The molecule has 0 aromatic carbocycles. The standard InChI is InChI=1S/C11H17N5O3/c1-2-9-7(3-4-19-9)5-13-10-8(16(17)18)6-14-11(12)15-10/h6-7,9H,2-5H2,1H3,(H3,12,13,14,15). The fourth-order valence-electron chi connectivity index (χ4n) is 2.26. The molecule has 0 radical (unpaired) electrons. The monoisotopic (exact) mass is 267 g/mol. The molecule has 2 rings (SSSR count). The van der Waals surface area contributed by atoms with Gasteiger partial charge in [-0.1, -0.05) is 6.92 Å². The summed E-state index contributed by atoms with van der Waals surface area (Å²) in [5.41, 5.74) is 5.29. The zero-order valence-electron chi connectivity index (χ0n) is 10.7. The number of nitrogens with zero attached hydrogens (tertiary/aromatic N) is 3. The van der Waals surface area contributed by atoms with Crippen LogP contribution in [0.25, 0.3) is 0 Å². The third-order valence-corrected chi connectivity index (χ3v) is 3.27. The Bertz CT molecular complexity index is 468. The van der Waals surface area contributed by atoms with Gasteiger partial charge in [-0.2, -0.15) is 4.98 Å². The molecule has 2 unspecified atom stereocenters. The Morgan fingerprint density at radius 2 is 2.47 bits per heavy atom. The van der Waals surface area contributed by atoms with Crippen LogP contribution < -0.4 is 11.1 Å². The fourth-order valence-corrected chi connectivity index (χ4v) is 2.26. The lowest BCUT2D eigenvalue weighted by Crippen LogP contribution is -2.23. The minimum absolute atomic E-state index is 0.0165. The minimum atomic E-state index is -0.524. The van der Waals surface area contributed by atoms with E-state index in [9.17, 15) is 10.1 Å². The van der Waals surface area contributed by atoms with Gasteiger partial charge in [0.1, 0.15) is 6.20 Å². The van der Waals surface area contributed by atoms with Gasteiger partial charge in [-0.25, -0.2) is 4.98 Å². The van der Waals surface area contributed by atoms with Gasteiger partial charge in [-0.15, -0.1) is 0 Å². The van der Waals surface area contributed by atoms with Crippen molar-refractivity contribution in [2.24, 2.45) is 5.92 Å². The highest BCUT2D eigenvalue weighted by atomic mass is 16.6. The second-order valence-corrected chi connectivity index (χ2v) is 4.47. The van der Waals surface area contributed by atoms with E-state index in [1.54, 1.807) is 0 Å². The molecule has 3 N–H and O–H groups in total. The Hall–Kier alpha value is -1.96. The van der Waals surface area contributed by atoms with Crippen molar-refractivity contribution < 1.29 is 9.66 Å². The molecule has 104 valence electrons. The maximum atomic E-state index is 10.9. The number of nitrogen functional groups attached to an aromatic ring is 1. The van der Waals surface area contributed by atoms with Crippen LogP contribution >= 0.6 is 0 Å². The summed E-state index contributed by atoms with van der Waals surface area (Å²) >= 11 is 0. The van der Waals surface area contributed by atoms with Crippen LogP contribution in [0.2, 0.25) is 0 Å².